The Morgan fingerprint density at radius 2 is 2.00 bits per heavy atom. The van der Waals surface area contributed by atoms with E-state index in [0.717, 1.165) is 4.88 Å². The van der Waals surface area contributed by atoms with Gasteiger partial charge in [0.2, 0.25) is 0 Å². The second-order valence-electron chi connectivity index (χ2n) is 4.83. The Hall–Kier alpha value is -0.470. The summed E-state index contributed by atoms with van der Waals surface area (Å²) >= 11 is 1.33. The summed E-state index contributed by atoms with van der Waals surface area (Å²) in [5.41, 5.74) is 0. The smallest absolute Gasteiger partial charge is 0.252 e. The highest BCUT2D eigenvalue weighted by molar-refractivity contribution is 7.91. The van der Waals surface area contributed by atoms with Crippen LogP contribution in [0.4, 0.5) is 0 Å². The normalized spacial score (nSPS) is 25.6. The van der Waals surface area contributed by atoms with Crippen molar-refractivity contribution in [2.75, 3.05) is 20.1 Å². The van der Waals surface area contributed by atoms with E-state index in [2.05, 4.69) is 5.32 Å². The third-order valence-electron chi connectivity index (χ3n) is 2.97. The molecule has 0 radical (unpaired) electrons. The number of thiophene rings is 1. The molecule has 2 rings (SSSR count). The van der Waals surface area contributed by atoms with Gasteiger partial charge in [0.25, 0.3) is 10.0 Å². The molecule has 19 heavy (non-hydrogen) atoms. The largest absolute Gasteiger partial charge is 0.373 e. The molecular formula is C12H20N2O3S2. The van der Waals surface area contributed by atoms with Crippen LogP contribution < -0.4 is 5.32 Å². The molecular weight excluding hydrogens is 284 g/mol. The number of morpholine rings is 1. The van der Waals surface area contributed by atoms with Crippen LogP contribution in [0.3, 0.4) is 0 Å². The van der Waals surface area contributed by atoms with Gasteiger partial charge in [-0.05, 0) is 33.0 Å². The lowest BCUT2D eigenvalue weighted by Gasteiger charge is -2.34. The number of sulfonamides is 1. The standard InChI is InChI=1S/C12H20N2O3S2/c1-9-7-14(8-10(2)17-9)19(15,16)12-5-4-11(18-12)6-13-3/h4-5,9-10,13H,6-8H2,1-3H3. The van der Waals surface area contributed by atoms with Crippen LogP contribution >= 0.6 is 11.3 Å². The first-order valence-corrected chi connectivity index (χ1v) is 8.58. The van der Waals surface area contributed by atoms with Crippen molar-refractivity contribution in [2.45, 2.75) is 36.8 Å². The lowest BCUT2D eigenvalue weighted by atomic mass is 10.3. The maximum Gasteiger partial charge on any atom is 0.252 e. The third-order valence-corrected chi connectivity index (χ3v) is 6.35. The second kappa shape index (κ2) is 5.88. The highest BCUT2D eigenvalue weighted by atomic mass is 32.2. The van der Waals surface area contributed by atoms with Gasteiger partial charge in [0.15, 0.2) is 0 Å². The predicted octanol–water partition coefficient (Wildman–Crippen LogP) is 1.27. The molecule has 1 N–H and O–H groups in total. The van der Waals surface area contributed by atoms with E-state index < -0.39 is 10.0 Å². The summed E-state index contributed by atoms with van der Waals surface area (Å²) in [5.74, 6) is 0. The molecule has 1 aromatic heterocycles. The van der Waals surface area contributed by atoms with Gasteiger partial charge in [-0.25, -0.2) is 8.42 Å². The Bertz CT molecular complexity index is 517. The molecule has 0 spiro atoms. The van der Waals surface area contributed by atoms with Gasteiger partial charge in [-0.1, -0.05) is 0 Å². The van der Waals surface area contributed by atoms with Crippen LogP contribution in [0.15, 0.2) is 16.3 Å². The molecule has 5 nitrogen and oxygen atoms in total. The van der Waals surface area contributed by atoms with E-state index in [4.69, 9.17) is 4.74 Å². The molecule has 1 aliphatic heterocycles. The van der Waals surface area contributed by atoms with Crippen molar-refractivity contribution in [1.29, 1.82) is 0 Å². The maximum absolute atomic E-state index is 12.6. The van der Waals surface area contributed by atoms with Crippen LogP contribution in [0.2, 0.25) is 0 Å². The van der Waals surface area contributed by atoms with Gasteiger partial charge in [0.05, 0.1) is 12.2 Å². The fraction of sp³-hybridized carbons (Fsp3) is 0.667. The molecule has 1 aliphatic rings. The first-order valence-electron chi connectivity index (χ1n) is 6.32. The van der Waals surface area contributed by atoms with E-state index in [1.54, 1.807) is 6.07 Å². The van der Waals surface area contributed by atoms with E-state index in [0.29, 0.717) is 23.8 Å². The van der Waals surface area contributed by atoms with Crippen LogP contribution in [0, 0.1) is 0 Å². The fourth-order valence-electron chi connectivity index (χ4n) is 2.22. The zero-order valence-electron chi connectivity index (χ0n) is 11.4. The Morgan fingerprint density at radius 3 is 2.58 bits per heavy atom. The van der Waals surface area contributed by atoms with Crippen molar-refractivity contribution in [2.24, 2.45) is 0 Å². The Labute approximate surface area is 118 Å². The molecule has 2 unspecified atom stereocenters. The first kappa shape index (κ1) is 14.9. The van der Waals surface area contributed by atoms with Crippen molar-refractivity contribution < 1.29 is 13.2 Å². The Balaban J connectivity index is 2.20. The van der Waals surface area contributed by atoms with Crippen LogP contribution in [0.1, 0.15) is 18.7 Å². The van der Waals surface area contributed by atoms with Gasteiger partial charge in [0.1, 0.15) is 4.21 Å². The lowest BCUT2D eigenvalue weighted by molar-refractivity contribution is -0.0440. The third kappa shape index (κ3) is 3.35. The first-order chi connectivity index (χ1) is 8.93. The summed E-state index contributed by atoms with van der Waals surface area (Å²) in [6, 6.07) is 3.55. The molecule has 0 bridgehead atoms. The van der Waals surface area contributed by atoms with Crippen LogP contribution in [-0.4, -0.2) is 45.1 Å². The molecule has 0 aliphatic carbocycles. The van der Waals surface area contributed by atoms with Crippen molar-refractivity contribution >= 4 is 21.4 Å². The SMILES string of the molecule is CNCc1ccc(S(=O)(=O)N2CC(C)OC(C)C2)s1. The van der Waals surface area contributed by atoms with Gasteiger partial charge in [-0.15, -0.1) is 11.3 Å². The zero-order chi connectivity index (χ0) is 14.0. The predicted molar refractivity (Wildman–Crippen MR) is 75.9 cm³/mol. The number of rotatable bonds is 4. The molecule has 1 fully saturated rings. The zero-order valence-corrected chi connectivity index (χ0v) is 13.1. The second-order valence-corrected chi connectivity index (χ2v) is 8.16. The lowest BCUT2D eigenvalue weighted by Crippen LogP contribution is -2.47. The molecule has 108 valence electrons. The fourth-order valence-corrected chi connectivity index (χ4v) is 5.33. The van der Waals surface area contributed by atoms with Crippen molar-refractivity contribution in [3.63, 3.8) is 0 Å². The van der Waals surface area contributed by atoms with E-state index in [-0.39, 0.29) is 12.2 Å². The summed E-state index contributed by atoms with van der Waals surface area (Å²) in [6.07, 6.45) is -0.120. The minimum Gasteiger partial charge on any atom is -0.373 e. The summed E-state index contributed by atoms with van der Waals surface area (Å²) in [5, 5.41) is 3.02. The highest BCUT2D eigenvalue weighted by Crippen LogP contribution is 2.27. The van der Waals surface area contributed by atoms with Crippen LogP contribution in [0.25, 0.3) is 0 Å². The van der Waals surface area contributed by atoms with Gasteiger partial charge < -0.3 is 10.1 Å². The summed E-state index contributed by atoms with van der Waals surface area (Å²) in [4.78, 5) is 1.02. The number of nitrogens with one attached hydrogen (secondary N) is 1. The molecule has 2 heterocycles. The molecule has 1 saturated heterocycles. The Kier molecular flexibility index (Phi) is 4.62. The Morgan fingerprint density at radius 1 is 1.37 bits per heavy atom. The van der Waals surface area contributed by atoms with Crippen molar-refractivity contribution in [1.82, 2.24) is 9.62 Å². The van der Waals surface area contributed by atoms with Gasteiger partial charge in [0, 0.05) is 24.5 Å². The summed E-state index contributed by atoms with van der Waals surface area (Å²) in [6.45, 7) is 5.34. The number of hydrogen-bond donors (Lipinski definition) is 1. The van der Waals surface area contributed by atoms with E-state index in [1.807, 2.05) is 27.0 Å². The molecule has 7 heteroatoms. The van der Waals surface area contributed by atoms with Crippen LogP contribution in [0.5, 0.6) is 0 Å². The molecule has 1 aromatic rings. The van der Waals surface area contributed by atoms with E-state index >= 15 is 0 Å². The molecule has 0 saturated carbocycles. The van der Waals surface area contributed by atoms with Crippen LogP contribution in [-0.2, 0) is 21.3 Å². The monoisotopic (exact) mass is 304 g/mol. The average Bonchev–Trinajstić information content (AvgIpc) is 2.77. The highest BCUT2D eigenvalue weighted by Gasteiger charge is 2.32. The average molecular weight is 304 g/mol. The topological polar surface area (TPSA) is 58.6 Å². The number of hydrogen-bond acceptors (Lipinski definition) is 5. The van der Waals surface area contributed by atoms with Gasteiger partial charge in [-0.2, -0.15) is 4.31 Å². The number of ether oxygens (including phenoxy) is 1. The summed E-state index contributed by atoms with van der Waals surface area (Å²) in [7, 11) is -1.53. The van der Waals surface area contributed by atoms with E-state index in [1.165, 1.54) is 15.6 Å². The summed E-state index contributed by atoms with van der Waals surface area (Å²) < 4.78 is 32.6. The van der Waals surface area contributed by atoms with Crippen molar-refractivity contribution in [3.8, 4) is 0 Å². The number of nitrogens with zero attached hydrogens (tertiary/aromatic N) is 1. The quantitative estimate of drug-likeness (QED) is 0.910. The minimum absolute atomic E-state index is 0.0599. The van der Waals surface area contributed by atoms with Gasteiger partial charge >= 0.3 is 0 Å². The van der Waals surface area contributed by atoms with Crippen molar-refractivity contribution in [3.05, 3.63) is 17.0 Å². The van der Waals surface area contributed by atoms with Gasteiger partial charge in [-0.3, -0.25) is 0 Å². The minimum atomic E-state index is -3.38. The molecule has 0 amide bonds. The molecule has 2 atom stereocenters. The van der Waals surface area contributed by atoms with E-state index in [9.17, 15) is 8.42 Å². The molecule has 0 aromatic carbocycles. The maximum atomic E-state index is 12.6.